The molecule has 2 atom stereocenters. The molecule has 0 aromatic carbocycles. The van der Waals surface area contributed by atoms with Crippen molar-refractivity contribution in [2.45, 2.75) is 205 Å². The summed E-state index contributed by atoms with van der Waals surface area (Å²) in [5.41, 5.74) is -1.81. The van der Waals surface area contributed by atoms with Crippen LogP contribution in [0.25, 0.3) is 0 Å². The first kappa shape index (κ1) is 38.8. The second-order valence-corrected chi connectivity index (χ2v) is 12.3. The van der Waals surface area contributed by atoms with Gasteiger partial charge in [0.25, 0.3) is 0 Å². The molecule has 0 aromatic rings. The van der Waals surface area contributed by atoms with E-state index in [4.69, 9.17) is 4.74 Å². The van der Waals surface area contributed by atoms with Crippen LogP contribution in [0.15, 0.2) is 0 Å². The van der Waals surface area contributed by atoms with Crippen molar-refractivity contribution in [1.29, 1.82) is 0 Å². The number of aliphatic hydroxyl groups excluding tert-OH is 4. The lowest BCUT2D eigenvalue weighted by atomic mass is 9.79. The zero-order valence-corrected chi connectivity index (χ0v) is 26.7. The lowest BCUT2D eigenvalue weighted by molar-refractivity contribution is -0.253. The Morgan fingerprint density at radius 3 is 0.846 bits per heavy atom. The van der Waals surface area contributed by atoms with Gasteiger partial charge in [0.05, 0.1) is 24.4 Å². The fraction of sp³-hybridized carbons (Fsp3) is 1.00. The van der Waals surface area contributed by atoms with Gasteiger partial charge in [-0.3, -0.25) is 0 Å². The fourth-order valence-electron chi connectivity index (χ4n) is 6.11. The van der Waals surface area contributed by atoms with Crippen LogP contribution >= 0.6 is 0 Å². The Morgan fingerprint density at radius 1 is 0.410 bits per heavy atom. The molecule has 236 valence electrons. The van der Waals surface area contributed by atoms with Gasteiger partial charge in [0.15, 0.2) is 0 Å². The Bertz CT molecular complexity index is 440. The molecule has 0 spiro atoms. The van der Waals surface area contributed by atoms with Crippen molar-refractivity contribution < 1.29 is 25.2 Å². The van der Waals surface area contributed by atoms with Crippen LogP contribution in [0.3, 0.4) is 0 Å². The molecular formula is C34H70O5. The molecule has 0 aliphatic heterocycles. The van der Waals surface area contributed by atoms with E-state index in [9.17, 15) is 20.4 Å². The fourth-order valence-corrected chi connectivity index (χ4v) is 6.11. The molecule has 0 aromatic heterocycles. The first-order chi connectivity index (χ1) is 18.9. The smallest absolute Gasteiger partial charge is 0.106 e. The Morgan fingerprint density at radius 2 is 0.641 bits per heavy atom. The third kappa shape index (κ3) is 16.7. The van der Waals surface area contributed by atoms with E-state index in [0.717, 1.165) is 77.0 Å². The second-order valence-electron chi connectivity index (χ2n) is 12.3. The molecule has 0 aliphatic carbocycles. The van der Waals surface area contributed by atoms with E-state index in [1.165, 1.54) is 51.4 Å². The Balaban J connectivity index is 6.10. The summed E-state index contributed by atoms with van der Waals surface area (Å²) in [6, 6.07) is 0. The number of hydrogen-bond donors (Lipinski definition) is 4. The molecule has 0 fully saturated rings. The quantitative estimate of drug-likeness (QED) is 0.0663. The molecule has 39 heavy (non-hydrogen) atoms. The normalized spacial score (nSPS) is 14.2. The molecule has 0 saturated carbocycles. The number of rotatable bonds is 30. The summed E-state index contributed by atoms with van der Waals surface area (Å²) < 4.78 is 7.14. The van der Waals surface area contributed by atoms with Gasteiger partial charge in [0, 0.05) is 0 Å². The number of aliphatic hydroxyl groups is 4. The summed E-state index contributed by atoms with van der Waals surface area (Å²) in [5, 5.41) is 43.2. The maximum atomic E-state index is 11.4. The van der Waals surface area contributed by atoms with Gasteiger partial charge in [-0.25, -0.2) is 0 Å². The van der Waals surface area contributed by atoms with Crippen molar-refractivity contribution in [1.82, 2.24) is 0 Å². The van der Waals surface area contributed by atoms with Crippen LogP contribution in [-0.2, 0) is 4.74 Å². The zero-order valence-electron chi connectivity index (χ0n) is 26.7. The molecule has 4 N–H and O–H groups in total. The lowest BCUT2D eigenvalue weighted by Gasteiger charge is -2.48. The van der Waals surface area contributed by atoms with Crippen LogP contribution in [0, 0.1) is 0 Å². The summed E-state index contributed by atoms with van der Waals surface area (Å²) in [6.07, 6.45) is 23.0. The average molecular weight is 559 g/mol. The van der Waals surface area contributed by atoms with E-state index < -0.39 is 23.4 Å². The molecule has 0 saturated heterocycles. The van der Waals surface area contributed by atoms with Gasteiger partial charge < -0.3 is 25.2 Å². The van der Waals surface area contributed by atoms with Crippen molar-refractivity contribution >= 4 is 0 Å². The Hall–Kier alpha value is -0.200. The summed E-state index contributed by atoms with van der Waals surface area (Å²) >= 11 is 0. The third-order valence-corrected chi connectivity index (χ3v) is 8.78. The van der Waals surface area contributed by atoms with E-state index in [0.29, 0.717) is 25.7 Å². The highest BCUT2D eigenvalue weighted by Gasteiger charge is 2.48. The topological polar surface area (TPSA) is 90.2 Å². The third-order valence-electron chi connectivity index (χ3n) is 8.78. The molecule has 2 unspecified atom stereocenters. The predicted octanol–water partition coefficient (Wildman–Crippen LogP) is 8.63. The molecular weight excluding hydrogens is 488 g/mol. The van der Waals surface area contributed by atoms with Crippen LogP contribution in [0.2, 0.25) is 0 Å². The van der Waals surface area contributed by atoms with Crippen molar-refractivity contribution in [2.75, 3.05) is 13.2 Å². The van der Waals surface area contributed by atoms with E-state index >= 15 is 0 Å². The van der Waals surface area contributed by atoms with Crippen LogP contribution in [0.5, 0.6) is 0 Å². The Kier molecular flexibility index (Phi) is 25.4. The van der Waals surface area contributed by atoms with Crippen molar-refractivity contribution in [3.63, 3.8) is 0 Å². The minimum Gasteiger partial charge on any atom is -0.394 e. The van der Waals surface area contributed by atoms with Crippen LogP contribution in [0.1, 0.15) is 182 Å². The van der Waals surface area contributed by atoms with E-state index in [1.807, 2.05) is 0 Å². The number of unbranched alkanes of at least 4 members (excludes halogenated alkanes) is 16. The molecule has 0 rings (SSSR count). The van der Waals surface area contributed by atoms with Crippen molar-refractivity contribution in [2.24, 2.45) is 0 Å². The molecule has 0 amide bonds. The van der Waals surface area contributed by atoms with Gasteiger partial charge in [0.1, 0.15) is 12.2 Å². The molecule has 5 heteroatoms. The predicted molar refractivity (Wildman–Crippen MR) is 166 cm³/mol. The zero-order chi connectivity index (χ0) is 29.2. The molecule has 0 aliphatic rings. The number of ether oxygens (including phenoxy) is 1. The number of hydrogen-bond acceptors (Lipinski definition) is 5. The molecule has 5 nitrogen and oxygen atoms in total. The SMILES string of the molecule is CCCCCCCC(CCCCCCC)(OC(CCCCCCC)(CCCCCCC)C(O)CO)C(O)CO. The van der Waals surface area contributed by atoms with Gasteiger partial charge in [-0.1, -0.05) is 156 Å². The molecule has 0 heterocycles. The molecule has 0 bridgehead atoms. The van der Waals surface area contributed by atoms with Gasteiger partial charge >= 0.3 is 0 Å². The average Bonchev–Trinajstić information content (AvgIpc) is 2.95. The summed E-state index contributed by atoms with van der Waals surface area (Å²) in [4.78, 5) is 0. The highest BCUT2D eigenvalue weighted by molar-refractivity contribution is 4.97. The van der Waals surface area contributed by atoms with E-state index in [1.54, 1.807) is 0 Å². The van der Waals surface area contributed by atoms with Crippen LogP contribution in [0.4, 0.5) is 0 Å². The van der Waals surface area contributed by atoms with Crippen LogP contribution < -0.4 is 0 Å². The summed E-state index contributed by atoms with van der Waals surface area (Å²) in [6.45, 7) is 8.16. The van der Waals surface area contributed by atoms with Crippen LogP contribution in [-0.4, -0.2) is 57.0 Å². The van der Waals surface area contributed by atoms with Gasteiger partial charge in [0.2, 0.25) is 0 Å². The van der Waals surface area contributed by atoms with Gasteiger partial charge in [-0.2, -0.15) is 0 Å². The minimum absolute atomic E-state index is 0.345. The largest absolute Gasteiger partial charge is 0.394 e. The first-order valence-corrected chi connectivity index (χ1v) is 17.2. The second kappa shape index (κ2) is 25.5. The molecule has 0 radical (unpaired) electrons. The standard InChI is InChI=1S/C34H70O5/c1-5-9-13-17-21-25-33(31(37)29-35,26-22-18-14-10-6-2)39-34(32(38)30-36,27-23-19-15-11-7-3)28-24-20-16-12-8-4/h31-32,35-38H,5-30H2,1-4H3. The monoisotopic (exact) mass is 559 g/mol. The maximum absolute atomic E-state index is 11.4. The maximum Gasteiger partial charge on any atom is 0.106 e. The van der Waals surface area contributed by atoms with Gasteiger partial charge in [-0.15, -0.1) is 0 Å². The van der Waals surface area contributed by atoms with Gasteiger partial charge in [-0.05, 0) is 25.7 Å². The summed E-state index contributed by atoms with van der Waals surface area (Å²) in [5.74, 6) is 0. The van der Waals surface area contributed by atoms with Crippen molar-refractivity contribution in [3.05, 3.63) is 0 Å². The lowest BCUT2D eigenvalue weighted by Crippen LogP contribution is -2.58. The highest BCUT2D eigenvalue weighted by Crippen LogP contribution is 2.41. The van der Waals surface area contributed by atoms with E-state index in [2.05, 4.69) is 27.7 Å². The summed E-state index contributed by atoms with van der Waals surface area (Å²) in [7, 11) is 0. The van der Waals surface area contributed by atoms with E-state index in [-0.39, 0.29) is 13.2 Å². The minimum atomic E-state index is -1.000. The Labute approximate surface area is 243 Å². The first-order valence-electron chi connectivity index (χ1n) is 17.2. The van der Waals surface area contributed by atoms with Crippen molar-refractivity contribution in [3.8, 4) is 0 Å². The highest BCUT2D eigenvalue weighted by atomic mass is 16.6.